The summed E-state index contributed by atoms with van der Waals surface area (Å²) in [7, 11) is 1.75. The van der Waals surface area contributed by atoms with Gasteiger partial charge in [0.25, 0.3) is 5.91 Å². The SMILES string of the molecule is Cc1cc(C(=O)N(C)CCC2(O)CCC3(CC2)OCCO3)c(I)nc1Cl. The van der Waals surface area contributed by atoms with Crippen molar-refractivity contribution in [1.82, 2.24) is 9.88 Å². The number of carbonyl (C=O) groups excluding carboxylic acids is 1. The molecule has 0 radical (unpaired) electrons. The van der Waals surface area contributed by atoms with Crippen molar-refractivity contribution in [3.8, 4) is 0 Å². The van der Waals surface area contributed by atoms with Crippen molar-refractivity contribution in [2.75, 3.05) is 26.8 Å². The number of ether oxygens (including phenoxy) is 2. The monoisotopic (exact) mass is 494 g/mol. The molecule has 6 nitrogen and oxygen atoms in total. The van der Waals surface area contributed by atoms with Crippen molar-refractivity contribution >= 4 is 40.1 Å². The van der Waals surface area contributed by atoms with Crippen LogP contribution in [0.3, 0.4) is 0 Å². The number of amides is 1. The Bertz CT molecular complexity index is 684. The van der Waals surface area contributed by atoms with E-state index < -0.39 is 11.4 Å². The van der Waals surface area contributed by atoms with Crippen LogP contribution in [0.1, 0.15) is 48.0 Å². The molecule has 2 aliphatic rings. The summed E-state index contributed by atoms with van der Waals surface area (Å²) in [4.78, 5) is 18.6. The number of rotatable bonds is 4. The summed E-state index contributed by atoms with van der Waals surface area (Å²) in [6, 6.07) is 1.77. The molecule has 144 valence electrons. The van der Waals surface area contributed by atoms with E-state index in [-0.39, 0.29) is 5.91 Å². The quantitative estimate of drug-likeness (QED) is 0.514. The Morgan fingerprint density at radius 1 is 1.35 bits per heavy atom. The summed E-state index contributed by atoms with van der Waals surface area (Å²) >= 11 is 8.03. The molecule has 2 fully saturated rings. The van der Waals surface area contributed by atoms with Crippen LogP contribution in [-0.2, 0) is 9.47 Å². The Morgan fingerprint density at radius 3 is 2.58 bits per heavy atom. The number of hydrogen-bond acceptors (Lipinski definition) is 5. The van der Waals surface area contributed by atoms with Gasteiger partial charge in [-0.05, 0) is 60.4 Å². The summed E-state index contributed by atoms with van der Waals surface area (Å²) in [5.41, 5.74) is 0.533. The van der Waals surface area contributed by atoms with E-state index in [2.05, 4.69) is 4.98 Å². The maximum Gasteiger partial charge on any atom is 0.256 e. The molecule has 1 saturated heterocycles. The summed E-state index contributed by atoms with van der Waals surface area (Å²) in [6.07, 6.45) is 3.16. The van der Waals surface area contributed by atoms with Gasteiger partial charge in [-0.1, -0.05) is 11.6 Å². The van der Waals surface area contributed by atoms with E-state index in [1.807, 2.05) is 29.5 Å². The molecule has 0 bridgehead atoms. The van der Waals surface area contributed by atoms with Crippen molar-refractivity contribution in [3.05, 3.63) is 26.0 Å². The molecule has 26 heavy (non-hydrogen) atoms. The van der Waals surface area contributed by atoms with Gasteiger partial charge in [-0.15, -0.1) is 0 Å². The van der Waals surface area contributed by atoms with Crippen molar-refractivity contribution < 1.29 is 19.4 Å². The molecule has 8 heteroatoms. The standard InChI is InChI=1S/C18H24ClIN2O4/c1-12-11-13(15(20)21-14(12)19)16(23)22(2)8-7-17(24)3-5-18(6-4-17)25-9-10-26-18/h11,24H,3-10H2,1-2H3. The second kappa shape index (κ2) is 7.87. The number of pyridine rings is 1. The molecule has 1 saturated carbocycles. The smallest absolute Gasteiger partial charge is 0.256 e. The highest BCUT2D eigenvalue weighted by Gasteiger charge is 2.45. The van der Waals surface area contributed by atoms with Crippen molar-refractivity contribution in [3.63, 3.8) is 0 Å². The van der Waals surface area contributed by atoms with E-state index in [1.165, 1.54) is 0 Å². The van der Waals surface area contributed by atoms with Crippen LogP contribution in [-0.4, -0.2) is 59.1 Å². The van der Waals surface area contributed by atoms with Gasteiger partial charge in [-0.3, -0.25) is 4.79 Å². The van der Waals surface area contributed by atoms with Crippen LogP contribution >= 0.6 is 34.2 Å². The van der Waals surface area contributed by atoms with Crippen LogP contribution in [0, 0.1) is 10.6 Å². The highest BCUT2D eigenvalue weighted by Crippen LogP contribution is 2.41. The number of carbonyl (C=O) groups is 1. The van der Waals surface area contributed by atoms with Gasteiger partial charge in [0.15, 0.2) is 5.79 Å². The minimum atomic E-state index is -0.781. The van der Waals surface area contributed by atoms with Crippen molar-refractivity contribution in [2.24, 2.45) is 0 Å². The van der Waals surface area contributed by atoms with Gasteiger partial charge in [0.1, 0.15) is 8.85 Å². The van der Waals surface area contributed by atoms with Crippen LogP contribution in [0.5, 0.6) is 0 Å². The molecule has 1 aliphatic carbocycles. The normalized spacial score (nSPS) is 21.1. The molecule has 0 unspecified atom stereocenters. The molecule has 0 atom stereocenters. The first-order chi connectivity index (χ1) is 12.2. The number of hydrogen-bond donors (Lipinski definition) is 1. The molecule has 3 rings (SSSR count). The number of aryl methyl sites for hydroxylation is 1. The molecule has 1 spiro atoms. The highest BCUT2D eigenvalue weighted by atomic mass is 127. The van der Waals surface area contributed by atoms with E-state index in [0.717, 1.165) is 5.56 Å². The third-order valence-electron chi connectivity index (χ3n) is 5.35. The third-order valence-corrected chi connectivity index (χ3v) is 6.56. The molecular weight excluding hydrogens is 471 g/mol. The van der Waals surface area contributed by atoms with Gasteiger partial charge < -0.3 is 19.5 Å². The van der Waals surface area contributed by atoms with E-state index >= 15 is 0 Å². The van der Waals surface area contributed by atoms with Crippen molar-refractivity contribution in [2.45, 2.75) is 50.4 Å². The zero-order chi connectivity index (χ0) is 18.9. The van der Waals surface area contributed by atoms with Gasteiger partial charge >= 0.3 is 0 Å². The van der Waals surface area contributed by atoms with Gasteiger partial charge in [-0.2, -0.15) is 0 Å². The van der Waals surface area contributed by atoms with Crippen LogP contribution in [0.25, 0.3) is 0 Å². The molecule has 1 aromatic heterocycles. The zero-order valence-electron chi connectivity index (χ0n) is 15.1. The first-order valence-electron chi connectivity index (χ1n) is 8.82. The van der Waals surface area contributed by atoms with Crippen LogP contribution in [0.15, 0.2) is 6.07 Å². The summed E-state index contributed by atoms with van der Waals surface area (Å²) < 4.78 is 12.0. The molecule has 1 amide bonds. The topological polar surface area (TPSA) is 71.9 Å². The Kier molecular flexibility index (Phi) is 6.13. The van der Waals surface area contributed by atoms with Crippen LogP contribution < -0.4 is 0 Å². The molecule has 1 aliphatic heterocycles. The lowest BCUT2D eigenvalue weighted by Gasteiger charge is -2.41. The van der Waals surface area contributed by atoms with E-state index in [4.69, 9.17) is 21.1 Å². The lowest BCUT2D eigenvalue weighted by molar-refractivity contribution is -0.203. The maximum atomic E-state index is 12.7. The maximum absolute atomic E-state index is 12.7. The lowest BCUT2D eigenvalue weighted by atomic mass is 9.79. The largest absolute Gasteiger partial charge is 0.390 e. The molecular formula is C18H24ClIN2O4. The fourth-order valence-corrected chi connectivity index (χ4v) is 4.44. The minimum Gasteiger partial charge on any atom is -0.390 e. The summed E-state index contributed by atoms with van der Waals surface area (Å²) in [5, 5.41) is 11.3. The molecule has 0 aromatic carbocycles. The fourth-order valence-electron chi connectivity index (χ4n) is 3.54. The first-order valence-corrected chi connectivity index (χ1v) is 10.3. The average Bonchev–Trinajstić information content (AvgIpc) is 3.07. The summed E-state index contributed by atoms with van der Waals surface area (Å²) in [5.74, 6) is -0.601. The van der Waals surface area contributed by atoms with E-state index in [1.54, 1.807) is 18.0 Å². The van der Waals surface area contributed by atoms with E-state index in [9.17, 15) is 9.90 Å². The number of aromatic nitrogens is 1. The number of aliphatic hydroxyl groups is 1. The number of halogens is 2. The van der Waals surface area contributed by atoms with Gasteiger partial charge in [-0.25, -0.2) is 4.98 Å². The Hall–Kier alpha value is -0.480. The first kappa shape index (κ1) is 20.3. The fraction of sp³-hybridized carbons (Fsp3) is 0.667. The second-order valence-corrected chi connectivity index (χ2v) is 8.62. The van der Waals surface area contributed by atoms with Crippen LogP contribution in [0.2, 0.25) is 5.15 Å². The lowest BCUT2D eigenvalue weighted by Crippen LogP contribution is -2.45. The molecule has 1 N–H and O–H groups in total. The zero-order valence-corrected chi connectivity index (χ0v) is 18.0. The van der Waals surface area contributed by atoms with Crippen LogP contribution in [0.4, 0.5) is 0 Å². The number of nitrogens with zero attached hydrogens (tertiary/aromatic N) is 2. The van der Waals surface area contributed by atoms with Gasteiger partial charge in [0, 0.05) is 26.4 Å². The van der Waals surface area contributed by atoms with Crippen molar-refractivity contribution in [1.29, 1.82) is 0 Å². The predicted octanol–water partition coefficient (Wildman–Crippen LogP) is 3.16. The molecule has 1 aromatic rings. The molecule has 2 heterocycles. The average molecular weight is 495 g/mol. The van der Waals surface area contributed by atoms with Gasteiger partial charge in [0.05, 0.1) is 24.4 Å². The predicted molar refractivity (Wildman–Crippen MR) is 106 cm³/mol. The Labute approximate surface area is 172 Å². The minimum absolute atomic E-state index is 0.111. The third kappa shape index (κ3) is 4.32. The highest BCUT2D eigenvalue weighted by molar-refractivity contribution is 14.1. The Morgan fingerprint density at radius 2 is 1.96 bits per heavy atom. The Balaban J connectivity index is 1.57. The second-order valence-electron chi connectivity index (χ2n) is 7.24. The summed E-state index contributed by atoms with van der Waals surface area (Å²) in [6.45, 7) is 3.56. The van der Waals surface area contributed by atoms with E-state index in [0.29, 0.717) is 66.3 Å². The van der Waals surface area contributed by atoms with Gasteiger partial charge in [0.2, 0.25) is 0 Å².